The highest BCUT2D eigenvalue weighted by Crippen LogP contribution is 2.33. The molecule has 2 heteroatoms. The molecule has 0 amide bonds. The molecule has 0 unspecified atom stereocenters. The second-order valence-electron chi connectivity index (χ2n) is 6.06. The fourth-order valence-electron chi connectivity index (χ4n) is 3.19. The van der Waals surface area contributed by atoms with Crippen molar-refractivity contribution < 1.29 is 4.42 Å². The summed E-state index contributed by atoms with van der Waals surface area (Å²) in [5.41, 5.74) is 6.57. The van der Waals surface area contributed by atoms with Crippen LogP contribution in [0.4, 0.5) is 0 Å². The SMILES string of the molecule is C=C/C(=C\C)c1cccc(-c2ccc3oc4ccccc4c3c2)c1.CC#N. The van der Waals surface area contributed by atoms with Gasteiger partial charge in [0.2, 0.25) is 0 Å². The second-order valence-corrected chi connectivity index (χ2v) is 6.06. The van der Waals surface area contributed by atoms with Gasteiger partial charge in [0.25, 0.3) is 0 Å². The number of rotatable bonds is 3. The van der Waals surface area contributed by atoms with Gasteiger partial charge < -0.3 is 4.42 Å². The number of para-hydroxylation sites is 1. The molecule has 0 radical (unpaired) electrons. The molecule has 0 aliphatic rings. The molecule has 3 aromatic carbocycles. The van der Waals surface area contributed by atoms with Gasteiger partial charge in [-0.15, -0.1) is 0 Å². The standard InChI is InChI=1S/C23H18O.C2H3N/c1-3-16(4-2)17-8-7-9-18(14-17)19-12-13-23-21(15-19)20-10-5-6-11-22(20)24-23;1-2-3/h3-15H,1H2,2H3;1H3/b16-4+;. The predicted molar refractivity (Wildman–Crippen MR) is 114 cm³/mol. The van der Waals surface area contributed by atoms with Gasteiger partial charge in [0, 0.05) is 17.7 Å². The molecule has 0 bridgehead atoms. The monoisotopic (exact) mass is 351 g/mol. The Balaban J connectivity index is 0.000000659. The highest BCUT2D eigenvalue weighted by Gasteiger charge is 2.08. The van der Waals surface area contributed by atoms with Gasteiger partial charge in [0.05, 0.1) is 6.07 Å². The van der Waals surface area contributed by atoms with Gasteiger partial charge in [-0.1, -0.05) is 61.2 Å². The lowest BCUT2D eigenvalue weighted by Gasteiger charge is -2.06. The van der Waals surface area contributed by atoms with Crippen molar-refractivity contribution >= 4 is 27.5 Å². The lowest BCUT2D eigenvalue weighted by atomic mass is 9.98. The van der Waals surface area contributed by atoms with Crippen LogP contribution in [0.25, 0.3) is 38.6 Å². The van der Waals surface area contributed by atoms with Gasteiger partial charge in [-0.05, 0) is 53.5 Å². The van der Waals surface area contributed by atoms with Crippen molar-refractivity contribution in [1.82, 2.24) is 0 Å². The first-order valence-corrected chi connectivity index (χ1v) is 8.83. The molecular formula is C25H21NO. The van der Waals surface area contributed by atoms with E-state index >= 15 is 0 Å². The smallest absolute Gasteiger partial charge is 0.135 e. The summed E-state index contributed by atoms with van der Waals surface area (Å²) in [4.78, 5) is 0. The lowest BCUT2D eigenvalue weighted by molar-refractivity contribution is 0.669. The molecule has 0 atom stereocenters. The molecular weight excluding hydrogens is 330 g/mol. The molecule has 2 nitrogen and oxygen atoms in total. The van der Waals surface area contributed by atoms with E-state index in [0.717, 1.165) is 27.5 Å². The van der Waals surface area contributed by atoms with E-state index in [9.17, 15) is 0 Å². The fraction of sp³-hybridized carbons (Fsp3) is 0.0800. The maximum absolute atomic E-state index is 7.32. The van der Waals surface area contributed by atoms with Crippen LogP contribution in [0.3, 0.4) is 0 Å². The summed E-state index contributed by atoms with van der Waals surface area (Å²) in [6, 6.07) is 24.9. The van der Waals surface area contributed by atoms with Gasteiger partial charge in [-0.25, -0.2) is 0 Å². The maximum Gasteiger partial charge on any atom is 0.135 e. The molecule has 1 heterocycles. The van der Waals surface area contributed by atoms with Gasteiger partial charge in [0.1, 0.15) is 11.2 Å². The third-order valence-electron chi connectivity index (χ3n) is 4.44. The van der Waals surface area contributed by atoms with Crippen LogP contribution in [-0.2, 0) is 0 Å². The minimum atomic E-state index is 0.927. The number of allylic oxidation sites excluding steroid dienone is 3. The summed E-state index contributed by atoms with van der Waals surface area (Å²) in [5, 5.41) is 9.63. The third-order valence-corrected chi connectivity index (χ3v) is 4.44. The number of fused-ring (bicyclic) bond motifs is 3. The number of nitrogens with zero attached hydrogens (tertiary/aromatic N) is 1. The van der Waals surface area contributed by atoms with E-state index in [2.05, 4.69) is 61.2 Å². The maximum atomic E-state index is 7.32. The lowest BCUT2D eigenvalue weighted by Crippen LogP contribution is -1.83. The van der Waals surface area contributed by atoms with Crippen molar-refractivity contribution in [3.8, 4) is 17.2 Å². The predicted octanol–water partition coefficient (Wildman–Crippen LogP) is 7.37. The Morgan fingerprint density at radius 1 is 0.926 bits per heavy atom. The molecule has 0 aliphatic heterocycles. The van der Waals surface area contributed by atoms with Crippen LogP contribution < -0.4 is 0 Å². The van der Waals surface area contributed by atoms with Crippen molar-refractivity contribution in [1.29, 1.82) is 5.26 Å². The van der Waals surface area contributed by atoms with Gasteiger partial charge in [0.15, 0.2) is 0 Å². The molecule has 4 rings (SSSR count). The quantitative estimate of drug-likeness (QED) is 0.361. The molecule has 0 spiro atoms. The van der Waals surface area contributed by atoms with E-state index in [1.165, 1.54) is 23.6 Å². The van der Waals surface area contributed by atoms with Gasteiger partial charge in [-0.3, -0.25) is 0 Å². The number of hydrogen-bond donors (Lipinski definition) is 0. The van der Waals surface area contributed by atoms with Crippen molar-refractivity contribution in [2.24, 2.45) is 0 Å². The van der Waals surface area contributed by atoms with Crippen LogP contribution in [-0.4, -0.2) is 0 Å². The Hall–Kier alpha value is -3.57. The average Bonchev–Trinajstić information content (AvgIpc) is 3.08. The summed E-state index contributed by atoms with van der Waals surface area (Å²) < 4.78 is 5.92. The fourth-order valence-corrected chi connectivity index (χ4v) is 3.19. The molecule has 4 aromatic rings. The Kier molecular flexibility index (Phi) is 5.54. The van der Waals surface area contributed by atoms with E-state index < -0.39 is 0 Å². The van der Waals surface area contributed by atoms with E-state index in [0.29, 0.717) is 0 Å². The molecule has 0 N–H and O–H groups in total. The van der Waals surface area contributed by atoms with Gasteiger partial charge in [-0.2, -0.15) is 5.26 Å². The minimum absolute atomic E-state index is 0.927. The first-order valence-electron chi connectivity index (χ1n) is 8.83. The van der Waals surface area contributed by atoms with E-state index in [-0.39, 0.29) is 0 Å². The zero-order valence-electron chi connectivity index (χ0n) is 15.6. The molecule has 132 valence electrons. The van der Waals surface area contributed by atoms with Crippen molar-refractivity contribution in [3.05, 3.63) is 91.0 Å². The van der Waals surface area contributed by atoms with E-state index in [4.69, 9.17) is 9.68 Å². The molecule has 0 saturated carbocycles. The second kappa shape index (κ2) is 8.21. The van der Waals surface area contributed by atoms with Crippen LogP contribution in [0, 0.1) is 11.3 Å². The first-order chi connectivity index (χ1) is 13.2. The molecule has 27 heavy (non-hydrogen) atoms. The molecule has 1 aromatic heterocycles. The summed E-state index contributed by atoms with van der Waals surface area (Å²) in [6.45, 7) is 7.36. The molecule has 0 aliphatic carbocycles. The number of benzene rings is 3. The first kappa shape index (κ1) is 18.2. The minimum Gasteiger partial charge on any atom is -0.456 e. The normalized spacial score (nSPS) is 10.9. The Morgan fingerprint density at radius 2 is 1.63 bits per heavy atom. The summed E-state index contributed by atoms with van der Waals surface area (Å²) in [5.74, 6) is 0. The highest BCUT2D eigenvalue weighted by atomic mass is 16.3. The zero-order chi connectivity index (χ0) is 19.2. The summed E-state index contributed by atoms with van der Waals surface area (Å²) >= 11 is 0. The van der Waals surface area contributed by atoms with Crippen molar-refractivity contribution in [2.75, 3.05) is 0 Å². The number of furan rings is 1. The van der Waals surface area contributed by atoms with Crippen LogP contribution >= 0.6 is 0 Å². The van der Waals surface area contributed by atoms with Crippen molar-refractivity contribution in [3.63, 3.8) is 0 Å². The Labute approximate surface area is 159 Å². The summed E-state index contributed by atoms with van der Waals surface area (Å²) in [6.07, 6.45) is 3.98. The van der Waals surface area contributed by atoms with Crippen LogP contribution in [0.5, 0.6) is 0 Å². The van der Waals surface area contributed by atoms with Crippen LogP contribution in [0.1, 0.15) is 19.4 Å². The number of hydrogen-bond acceptors (Lipinski definition) is 2. The van der Waals surface area contributed by atoms with E-state index in [1.807, 2.05) is 31.2 Å². The molecule has 0 fully saturated rings. The topological polar surface area (TPSA) is 36.9 Å². The van der Waals surface area contributed by atoms with E-state index in [1.54, 1.807) is 6.07 Å². The molecule has 0 saturated heterocycles. The van der Waals surface area contributed by atoms with Crippen molar-refractivity contribution in [2.45, 2.75) is 13.8 Å². The van der Waals surface area contributed by atoms with Gasteiger partial charge >= 0.3 is 0 Å². The Morgan fingerprint density at radius 3 is 2.37 bits per heavy atom. The third kappa shape index (κ3) is 3.68. The Bertz CT molecular complexity index is 1170. The zero-order valence-corrected chi connectivity index (χ0v) is 15.6. The van der Waals surface area contributed by atoms with Crippen LogP contribution in [0.15, 0.2) is 89.9 Å². The number of nitriles is 1. The highest BCUT2D eigenvalue weighted by molar-refractivity contribution is 6.06. The largest absolute Gasteiger partial charge is 0.456 e. The average molecular weight is 351 g/mol. The summed E-state index contributed by atoms with van der Waals surface area (Å²) in [7, 11) is 0. The van der Waals surface area contributed by atoms with Crippen LogP contribution in [0.2, 0.25) is 0 Å².